The number of carboxylic acid groups (broad SMARTS) is 1. The summed E-state index contributed by atoms with van der Waals surface area (Å²) in [5.41, 5.74) is 1.41. The number of hydrogen-bond donors (Lipinski definition) is 1. The lowest BCUT2D eigenvalue weighted by Gasteiger charge is -2.19. The maximum atomic E-state index is 12.4. The van der Waals surface area contributed by atoms with E-state index in [4.69, 9.17) is 0 Å². The molecule has 110 valence electrons. The van der Waals surface area contributed by atoms with Crippen molar-refractivity contribution in [1.29, 1.82) is 0 Å². The number of fused-ring (bicyclic) bond motifs is 1. The van der Waals surface area contributed by atoms with Gasteiger partial charge in [0.15, 0.2) is 0 Å². The Morgan fingerprint density at radius 2 is 2.29 bits per heavy atom. The van der Waals surface area contributed by atoms with E-state index >= 15 is 0 Å². The van der Waals surface area contributed by atoms with Gasteiger partial charge < -0.3 is 5.11 Å². The molecule has 0 saturated carbocycles. The van der Waals surface area contributed by atoms with E-state index < -0.39 is 12.0 Å². The summed E-state index contributed by atoms with van der Waals surface area (Å²) >= 11 is 0. The van der Waals surface area contributed by atoms with Gasteiger partial charge in [0.05, 0.1) is 6.54 Å². The summed E-state index contributed by atoms with van der Waals surface area (Å²) in [5.74, 6) is -0.423. The number of hydrogen-bond acceptors (Lipinski definition) is 4. The molecule has 0 aromatic carbocycles. The smallest absolute Gasteiger partial charge is 0.347 e. The SMILES string of the molecule is Cc1ccc(Cn2nc3n(c2=O)C(C(=O)O)CCC3)cn1. The fourth-order valence-corrected chi connectivity index (χ4v) is 2.63. The molecule has 0 saturated heterocycles. The molecule has 0 spiro atoms. The van der Waals surface area contributed by atoms with E-state index in [0.717, 1.165) is 17.7 Å². The third-order valence-electron chi connectivity index (χ3n) is 3.72. The number of carbonyl (C=O) groups is 1. The van der Waals surface area contributed by atoms with Crippen LogP contribution in [0.5, 0.6) is 0 Å². The highest BCUT2D eigenvalue weighted by atomic mass is 16.4. The Hall–Kier alpha value is -2.44. The first-order chi connectivity index (χ1) is 10.1. The predicted molar refractivity (Wildman–Crippen MR) is 74.2 cm³/mol. The summed E-state index contributed by atoms with van der Waals surface area (Å²) in [6, 6.07) is 2.96. The molecule has 21 heavy (non-hydrogen) atoms. The van der Waals surface area contributed by atoms with Crippen molar-refractivity contribution in [2.75, 3.05) is 0 Å². The number of aliphatic carboxylic acids is 1. The van der Waals surface area contributed by atoms with Gasteiger partial charge in [0.1, 0.15) is 11.9 Å². The van der Waals surface area contributed by atoms with Gasteiger partial charge in [-0.05, 0) is 31.4 Å². The van der Waals surface area contributed by atoms with Crippen LogP contribution in [0, 0.1) is 6.92 Å². The standard InChI is InChI=1S/C14H16N4O3/c1-9-5-6-10(7-15-9)8-17-14(21)18-11(13(19)20)3-2-4-12(18)16-17/h5-7,11H,2-4,8H2,1H3,(H,19,20). The zero-order valence-electron chi connectivity index (χ0n) is 11.7. The van der Waals surface area contributed by atoms with E-state index in [1.54, 1.807) is 6.20 Å². The first-order valence-electron chi connectivity index (χ1n) is 6.89. The second-order valence-electron chi connectivity index (χ2n) is 5.28. The minimum absolute atomic E-state index is 0.304. The molecule has 0 fully saturated rings. The quantitative estimate of drug-likeness (QED) is 0.900. The van der Waals surface area contributed by atoms with Crippen molar-refractivity contribution >= 4 is 5.97 Å². The van der Waals surface area contributed by atoms with Gasteiger partial charge in [-0.25, -0.2) is 14.3 Å². The van der Waals surface area contributed by atoms with Crippen LogP contribution in [0.3, 0.4) is 0 Å². The maximum Gasteiger partial charge on any atom is 0.347 e. The van der Waals surface area contributed by atoms with Gasteiger partial charge in [0.25, 0.3) is 0 Å². The molecule has 0 bridgehead atoms. The van der Waals surface area contributed by atoms with Gasteiger partial charge in [-0.1, -0.05) is 6.07 Å². The van der Waals surface area contributed by atoms with Gasteiger partial charge in [-0.15, -0.1) is 0 Å². The molecular weight excluding hydrogens is 272 g/mol. The van der Waals surface area contributed by atoms with Crippen LogP contribution in [0.1, 0.15) is 36.0 Å². The Morgan fingerprint density at radius 3 is 2.95 bits per heavy atom. The summed E-state index contributed by atoms with van der Waals surface area (Å²) in [4.78, 5) is 27.8. The Bertz CT molecular complexity index is 730. The van der Waals surface area contributed by atoms with Crippen LogP contribution in [0.25, 0.3) is 0 Å². The highest BCUT2D eigenvalue weighted by Gasteiger charge is 2.30. The van der Waals surface area contributed by atoms with Gasteiger partial charge in [0.2, 0.25) is 0 Å². The van der Waals surface area contributed by atoms with Crippen LogP contribution in [-0.2, 0) is 17.8 Å². The van der Waals surface area contributed by atoms with E-state index in [2.05, 4.69) is 10.1 Å². The normalized spacial score (nSPS) is 17.5. The van der Waals surface area contributed by atoms with Crippen molar-refractivity contribution in [1.82, 2.24) is 19.3 Å². The van der Waals surface area contributed by atoms with Crippen molar-refractivity contribution in [2.24, 2.45) is 0 Å². The number of aromatic nitrogens is 4. The van der Waals surface area contributed by atoms with Crippen LogP contribution in [0.15, 0.2) is 23.1 Å². The summed E-state index contributed by atoms with van der Waals surface area (Å²) in [5, 5.41) is 13.5. The number of aryl methyl sites for hydroxylation is 2. The molecule has 1 atom stereocenters. The van der Waals surface area contributed by atoms with Crippen molar-refractivity contribution < 1.29 is 9.90 Å². The van der Waals surface area contributed by atoms with E-state index in [0.29, 0.717) is 25.2 Å². The second kappa shape index (κ2) is 5.16. The Labute approximate surface area is 120 Å². The molecule has 0 aliphatic carbocycles. The second-order valence-corrected chi connectivity index (χ2v) is 5.28. The average Bonchev–Trinajstić information content (AvgIpc) is 2.78. The zero-order chi connectivity index (χ0) is 15.0. The highest BCUT2D eigenvalue weighted by Crippen LogP contribution is 2.21. The largest absolute Gasteiger partial charge is 0.480 e. The first kappa shape index (κ1) is 13.5. The lowest BCUT2D eigenvalue weighted by atomic mass is 10.1. The first-order valence-corrected chi connectivity index (χ1v) is 6.89. The number of pyridine rings is 1. The number of carboxylic acids is 1. The molecule has 0 amide bonds. The van der Waals surface area contributed by atoms with E-state index in [9.17, 15) is 14.7 Å². The van der Waals surface area contributed by atoms with E-state index in [1.165, 1.54) is 9.25 Å². The molecule has 2 aromatic heterocycles. The summed E-state index contributed by atoms with van der Waals surface area (Å²) in [6.07, 6.45) is 3.55. The maximum absolute atomic E-state index is 12.4. The molecule has 3 rings (SSSR count). The molecule has 7 heteroatoms. The van der Waals surface area contributed by atoms with Crippen molar-refractivity contribution in [3.63, 3.8) is 0 Å². The van der Waals surface area contributed by atoms with Gasteiger partial charge >= 0.3 is 11.7 Å². The Balaban J connectivity index is 1.96. The fourth-order valence-electron chi connectivity index (χ4n) is 2.63. The average molecular weight is 288 g/mol. The number of nitrogens with zero attached hydrogens (tertiary/aromatic N) is 4. The predicted octanol–water partition coefficient (Wildman–Crippen LogP) is 0.759. The van der Waals surface area contributed by atoms with Crippen LogP contribution in [-0.4, -0.2) is 30.4 Å². The third-order valence-corrected chi connectivity index (χ3v) is 3.72. The summed E-state index contributed by atoms with van der Waals surface area (Å²) in [7, 11) is 0. The molecule has 1 N–H and O–H groups in total. The summed E-state index contributed by atoms with van der Waals surface area (Å²) < 4.78 is 2.64. The molecule has 2 aromatic rings. The van der Waals surface area contributed by atoms with Crippen LogP contribution in [0.4, 0.5) is 0 Å². The molecule has 7 nitrogen and oxygen atoms in total. The lowest BCUT2D eigenvalue weighted by Crippen LogP contribution is -2.34. The van der Waals surface area contributed by atoms with Gasteiger partial charge in [-0.2, -0.15) is 5.10 Å². The highest BCUT2D eigenvalue weighted by molar-refractivity contribution is 5.72. The third kappa shape index (κ3) is 2.46. The minimum Gasteiger partial charge on any atom is -0.480 e. The lowest BCUT2D eigenvalue weighted by molar-refractivity contribution is -0.141. The van der Waals surface area contributed by atoms with Crippen LogP contribution < -0.4 is 5.69 Å². The number of rotatable bonds is 3. The molecule has 0 radical (unpaired) electrons. The van der Waals surface area contributed by atoms with Crippen LogP contribution >= 0.6 is 0 Å². The molecular formula is C14H16N4O3. The van der Waals surface area contributed by atoms with Crippen molar-refractivity contribution in [3.8, 4) is 0 Å². The molecule has 1 aliphatic rings. The van der Waals surface area contributed by atoms with Crippen molar-refractivity contribution in [2.45, 2.75) is 38.8 Å². The van der Waals surface area contributed by atoms with Gasteiger partial charge in [0, 0.05) is 18.3 Å². The van der Waals surface area contributed by atoms with E-state index in [1.807, 2.05) is 19.1 Å². The molecule has 3 heterocycles. The fraction of sp³-hybridized carbons (Fsp3) is 0.429. The Kier molecular flexibility index (Phi) is 3.32. The zero-order valence-corrected chi connectivity index (χ0v) is 11.7. The minimum atomic E-state index is -0.977. The van der Waals surface area contributed by atoms with Gasteiger partial charge in [-0.3, -0.25) is 9.55 Å². The molecule has 1 aliphatic heterocycles. The monoisotopic (exact) mass is 288 g/mol. The van der Waals surface area contributed by atoms with Crippen molar-refractivity contribution in [3.05, 3.63) is 45.9 Å². The van der Waals surface area contributed by atoms with E-state index in [-0.39, 0.29) is 5.69 Å². The van der Waals surface area contributed by atoms with Crippen LogP contribution in [0.2, 0.25) is 0 Å². The topological polar surface area (TPSA) is 90.0 Å². The summed E-state index contributed by atoms with van der Waals surface area (Å²) in [6.45, 7) is 2.20. The Morgan fingerprint density at radius 1 is 1.48 bits per heavy atom. The molecule has 1 unspecified atom stereocenters.